The summed E-state index contributed by atoms with van der Waals surface area (Å²) in [5.74, 6) is -0.290. The summed E-state index contributed by atoms with van der Waals surface area (Å²) in [4.78, 5) is 26.7. The standard InChI is InChI=1S/C21H22FNO2/c1-15-4-6-17(7-5-15)20(24)12-13-21(25)23-14-2-3-19(23)16-8-10-18(22)11-9-16/h4-11,19H,2-3,12-14H2,1H3/t19-/m0/s1. The minimum atomic E-state index is -0.275. The van der Waals surface area contributed by atoms with Gasteiger partial charge < -0.3 is 4.90 Å². The Morgan fingerprint density at radius 1 is 1.04 bits per heavy atom. The van der Waals surface area contributed by atoms with Gasteiger partial charge in [-0.15, -0.1) is 0 Å². The summed E-state index contributed by atoms with van der Waals surface area (Å²) in [5.41, 5.74) is 2.71. The Morgan fingerprint density at radius 2 is 1.72 bits per heavy atom. The fourth-order valence-electron chi connectivity index (χ4n) is 3.34. The van der Waals surface area contributed by atoms with Gasteiger partial charge in [0.15, 0.2) is 5.78 Å². The largest absolute Gasteiger partial charge is 0.336 e. The number of carbonyl (C=O) groups is 2. The molecule has 3 rings (SSSR count). The summed E-state index contributed by atoms with van der Waals surface area (Å²) < 4.78 is 13.1. The zero-order valence-corrected chi connectivity index (χ0v) is 14.4. The topological polar surface area (TPSA) is 37.4 Å². The van der Waals surface area contributed by atoms with E-state index in [9.17, 15) is 14.0 Å². The average molecular weight is 339 g/mol. The highest BCUT2D eigenvalue weighted by Crippen LogP contribution is 2.32. The van der Waals surface area contributed by atoms with Gasteiger partial charge in [-0.1, -0.05) is 42.0 Å². The molecule has 1 heterocycles. The monoisotopic (exact) mass is 339 g/mol. The molecule has 1 aliphatic rings. The van der Waals surface area contributed by atoms with Gasteiger partial charge in [-0.05, 0) is 37.5 Å². The Morgan fingerprint density at radius 3 is 2.40 bits per heavy atom. The van der Waals surface area contributed by atoms with E-state index in [1.807, 2.05) is 24.0 Å². The van der Waals surface area contributed by atoms with Gasteiger partial charge in [-0.3, -0.25) is 9.59 Å². The molecule has 0 saturated carbocycles. The lowest BCUT2D eigenvalue weighted by Crippen LogP contribution is -2.30. The molecule has 0 aromatic heterocycles. The normalized spacial score (nSPS) is 16.9. The number of aryl methyl sites for hydroxylation is 1. The number of rotatable bonds is 5. The van der Waals surface area contributed by atoms with Crippen LogP contribution in [-0.2, 0) is 4.79 Å². The molecule has 1 aliphatic heterocycles. The number of hydrogen-bond donors (Lipinski definition) is 0. The molecule has 4 heteroatoms. The molecule has 0 aliphatic carbocycles. The minimum Gasteiger partial charge on any atom is -0.336 e. The van der Waals surface area contributed by atoms with Crippen LogP contribution in [0.4, 0.5) is 4.39 Å². The van der Waals surface area contributed by atoms with Gasteiger partial charge in [-0.2, -0.15) is 0 Å². The number of benzene rings is 2. The molecule has 2 aromatic carbocycles. The first-order valence-electron chi connectivity index (χ1n) is 8.69. The maximum atomic E-state index is 13.1. The molecular formula is C21H22FNO2. The summed E-state index contributed by atoms with van der Waals surface area (Å²) in [6, 6.07) is 13.7. The van der Waals surface area contributed by atoms with E-state index >= 15 is 0 Å². The molecule has 130 valence electrons. The van der Waals surface area contributed by atoms with Gasteiger partial charge >= 0.3 is 0 Å². The first-order valence-corrected chi connectivity index (χ1v) is 8.69. The van der Waals surface area contributed by atoms with Crippen molar-refractivity contribution in [3.05, 3.63) is 71.0 Å². The van der Waals surface area contributed by atoms with Gasteiger partial charge in [0.1, 0.15) is 5.82 Å². The Kier molecular flexibility index (Phi) is 5.27. The number of hydrogen-bond acceptors (Lipinski definition) is 2. The highest BCUT2D eigenvalue weighted by molar-refractivity contribution is 5.98. The lowest BCUT2D eigenvalue weighted by Gasteiger charge is -2.25. The van der Waals surface area contributed by atoms with Crippen LogP contribution in [0.15, 0.2) is 48.5 Å². The average Bonchev–Trinajstić information content (AvgIpc) is 3.10. The van der Waals surface area contributed by atoms with Crippen LogP contribution in [-0.4, -0.2) is 23.1 Å². The number of ketones is 1. The predicted octanol–water partition coefficient (Wildman–Crippen LogP) is 4.46. The molecule has 0 radical (unpaired) electrons. The van der Waals surface area contributed by atoms with Gasteiger partial charge in [0.05, 0.1) is 6.04 Å². The van der Waals surface area contributed by atoms with Crippen molar-refractivity contribution in [2.75, 3.05) is 6.54 Å². The second kappa shape index (κ2) is 7.60. The van der Waals surface area contributed by atoms with Crippen LogP contribution in [0.2, 0.25) is 0 Å². The highest BCUT2D eigenvalue weighted by atomic mass is 19.1. The number of carbonyl (C=O) groups excluding carboxylic acids is 2. The Labute approximate surface area is 147 Å². The first-order chi connectivity index (χ1) is 12.0. The zero-order chi connectivity index (χ0) is 17.8. The number of likely N-dealkylation sites (tertiary alicyclic amines) is 1. The lowest BCUT2D eigenvalue weighted by molar-refractivity contribution is -0.132. The van der Waals surface area contributed by atoms with Crippen molar-refractivity contribution in [1.29, 1.82) is 0 Å². The second-order valence-electron chi connectivity index (χ2n) is 6.59. The van der Waals surface area contributed by atoms with Crippen molar-refractivity contribution < 1.29 is 14.0 Å². The summed E-state index contributed by atoms with van der Waals surface area (Å²) in [7, 11) is 0. The SMILES string of the molecule is Cc1ccc(C(=O)CCC(=O)N2CCC[C@H]2c2ccc(F)cc2)cc1. The fraction of sp³-hybridized carbons (Fsp3) is 0.333. The van der Waals surface area contributed by atoms with E-state index in [2.05, 4.69) is 0 Å². The molecule has 25 heavy (non-hydrogen) atoms. The molecule has 0 N–H and O–H groups in total. The smallest absolute Gasteiger partial charge is 0.223 e. The molecule has 3 nitrogen and oxygen atoms in total. The van der Waals surface area contributed by atoms with Crippen LogP contribution in [0, 0.1) is 12.7 Å². The number of halogens is 1. The van der Waals surface area contributed by atoms with Crippen LogP contribution in [0.3, 0.4) is 0 Å². The Hall–Kier alpha value is -2.49. The maximum absolute atomic E-state index is 13.1. The van der Waals surface area contributed by atoms with E-state index in [1.165, 1.54) is 12.1 Å². The van der Waals surface area contributed by atoms with Crippen LogP contribution in [0.25, 0.3) is 0 Å². The minimum absolute atomic E-state index is 0.00714. The van der Waals surface area contributed by atoms with Gasteiger partial charge in [0.25, 0.3) is 0 Å². The molecule has 0 spiro atoms. The number of Topliss-reactive ketones (excluding diaryl/α,β-unsaturated/α-hetero) is 1. The molecule has 2 aromatic rings. The van der Waals surface area contributed by atoms with Crippen LogP contribution < -0.4 is 0 Å². The molecule has 0 unspecified atom stereocenters. The summed E-state index contributed by atoms with van der Waals surface area (Å²) in [5, 5.41) is 0. The quantitative estimate of drug-likeness (QED) is 0.754. The number of amides is 1. The van der Waals surface area contributed by atoms with E-state index in [-0.39, 0.29) is 36.4 Å². The molecule has 0 bridgehead atoms. The van der Waals surface area contributed by atoms with Gasteiger partial charge in [0.2, 0.25) is 5.91 Å². The van der Waals surface area contributed by atoms with E-state index in [1.54, 1.807) is 24.3 Å². The van der Waals surface area contributed by atoms with E-state index in [0.29, 0.717) is 12.1 Å². The molecule has 1 atom stereocenters. The van der Waals surface area contributed by atoms with Crippen molar-refractivity contribution in [3.8, 4) is 0 Å². The van der Waals surface area contributed by atoms with E-state index < -0.39 is 0 Å². The summed E-state index contributed by atoms with van der Waals surface area (Å²) in [6.07, 6.45) is 2.24. The van der Waals surface area contributed by atoms with Crippen molar-refractivity contribution in [3.63, 3.8) is 0 Å². The third kappa shape index (κ3) is 4.13. The fourth-order valence-corrected chi connectivity index (χ4v) is 3.34. The maximum Gasteiger partial charge on any atom is 0.223 e. The van der Waals surface area contributed by atoms with Gasteiger partial charge in [-0.25, -0.2) is 4.39 Å². The summed E-state index contributed by atoms with van der Waals surface area (Å²) in [6.45, 7) is 2.67. The van der Waals surface area contributed by atoms with Crippen LogP contribution in [0.1, 0.15) is 53.2 Å². The number of nitrogens with zero attached hydrogens (tertiary/aromatic N) is 1. The third-order valence-corrected chi connectivity index (χ3v) is 4.77. The van der Waals surface area contributed by atoms with E-state index in [0.717, 1.165) is 24.0 Å². The second-order valence-corrected chi connectivity index (χ2v) is 6.59. The van der Waals surface area contributed by atoms with Crippen LogP contribution in [0.5, 0.6) is 0 Å². The van der Waals surface area contributed by atoms with Crippen LogP contribution >= 0.6 is 0 Å². The lowest BCUT2D eigenvalue weighted by atomic mass is 10.0. The molecule has 1 saturated heterocycles. The van der Waals surface area contributed by atoms with Crippen molar-refractivity contribution in [2.45, 2.75) is 38.6 Å². The van der Waals surface area contributed by atoms with Crippen molar-refractivity contribution in [1.82, 2.24) is 4.90 Å². The van der Waals surface area contributed by atoms with Crippen molar-refractivity contribution >= 4 is 11.7 Å². The summed E-state index contributed by atoms with van der Waals surface area (Å²) >= 11 is 0. The Balaban J connectivity index is 1.61. The van der Waals surface area contributed by atoms with E-state index in [4.69, 9.17) is 0 Å². The molecular weight excluding hydrogens is 317 g/mol. The highest BCUT2D eigenvalue weighted by Gasteiger charge is 2.29. The zero-order valence-electron chi connectivity index (χ0n) is 14.4. The molecule has 1 fully saturated rings. The molecule has 1 amide bonds. The predicted molar refractivity (Wildman–Crippen MR) is 94.8 cm³/mol. The first kappa shape index (κ1) is 17.3. The Bertz CT molecular complexity index is 752. The third-order valence-electron chi connectivity index (χ3n) is 4.77. The van der Waals surface area contributed by atoms with Gasteiger partial charge in [0, 0.05) is 24.9 Å². The van der Waals surface area contributed by atoms with Crippen molar-refractivity contribution in [2.24, 2.45) is 0 Å².